The number of benzene rings is 2. The Morgan fingerprint density at radius 3 is 2.33 bits per heavy atom. The molecule has 2 aromatic carbocycles. The molecule has 0 saturated heterocycles. The number of allylic oxidation sites excluding steroid dienone is 1. The molecule has 0 amide bonds. The molecule has 0 aromatic heterocycles. The third kappa shape index (κ3) is 3.82. The summed E-state index contributed by atoms with van der Waals surface area (Å²) in [7, 11) is 3.07. The van der Waals surface area contributed by atoms with E-state index in [0.29, 0.717) is 24.3 Å². The molecule has 0 radical (unpaired) electrons. The van der Waals surface area contributed by atoms with E-state index in [1.165, 1.54) is 7.11 Å². The van der Waals surface area contributed by atoms with Gasteiger partial charge >= 0.3 is 0 Å². The van der Waals surface area contributed by atoms with E-state index in [1.54, 1.807) is 13.2 Å². The van der Waals surface area contributed by atoms with E-state index >= 15 is 0 Å². The predicted molar refractivity (Wildman–Crippen MR) is 95.3 cm³/mol. The van der Waals surface area contributed by atoms with E-state index < -0.39 is 0 Å². The van der Waals surface area contributed by atoms with Crippen molar-refractivity contribution in [2.24, 2.45) is 0 Å². The minimum absolute atomic E-state index is 0.0675. The molecule has 128 valence electrons. The average molecular weight is 328 g/mol. The fourth-order valence-electron chi connectivity index (χ4n) is 2.82. The number of phenolic OH excluding ortho intramolecular Hbond substituents is 2. The SMILES string of the molecule is C=CCc1cc(OC)c(O)c(C(C)Cc2ccc(O)c(OC)c2)c1. The van der Waals surface area contributed by atoms with Crippen LogP contribution in [0.2, 0.25) is 0 Å². The van der Waals surface area contributed by atoms with Gasteiger partial charge in [-0.2, -0.15) is 0 Å². The molecule has 0 fully saturated rings. The molecule has 1 atom stereocenters. The Labute approximate surface area is 143 Å². The van der Waals surface area contributed by atoms with Crippen LogP contribution >= 0.6 is 0 Å². The lowest BCUT2D eigenvalue weighted by atomic mass is 9.91. The van der Waals surface area contributed by atoms with Crippen LogP contribution in [0.1, 0.15) is 29.5 Å². The Kier molecular flexibility index (Phi) is 5.74. The molecule has 0 aliphatic heterocycles. The van der Waals surface area contributed by atoms with E-state index in [4.69, 9.17) is 9.47 Å². The summed E-state index contributed by atoms with van der Waals surface area (Å²) in [5, 5.41) is 20.2. The van der Waals surface area contributed by atoms with Crippen molar-refractivity contribution in [1.82, 2.24) is 0 Å². The van der Waals surface area contributed by atoms with Crippen LogP contribution in [-0.4, -0.2) is 24.4 Å². The first-order valence-electron chi connectivity index (χ1n) is 7.86. The quantitative estimate of drug-likeness (QED) is 0.748. The summed E-state index contributed by atoms with van der Waals surface area (Å²) in [5.74, 6) is 1.27. The standard InChI is InChI=1S/C20H24O4/c1-5-6-14-10-16(20(22)19(12-14)24-4)13(2)9-15-7-8-17(21)18(11-15)23-3/h5,7-8,10-13,21-22H,1,6,9H2,2-4H3. The number of ether oxygens (including phenoxy) is 2. The van der Waals surface area contributed by atoms with Gasteiger partial charge < -0.3 is 19.7 Å². The number of rotatable bonds is 7. The van der Waals surface area contributed by atoms with Gasteiger partial charge in [-0.3, -0.25) is 0 Å². The lowest BCUT2D eigenvalue weighted by molar-refractivity contribution is 0.368. The molecule has 2 rings (SSSR count). The van der Waals surface area contributed by atoms with Gasteiger partial charge in [0, 0.05) is 5.56 Å². The van der Waals surface area contributed by atoms with Gasteiger partial charge in [0.25, 0.3) is 0 Å². The highest BCUT2D eigenvalue weighted by Crippen LogP contribution is 2.38. The number of aromatic hydroxyl groups is 2. The van der Waals surface area contributed by atoms with Gasteiger partial charge in [0.05, 0.1) is 14.2 Å². The van der Waals surface area contributed by atoms with Crippen molar-refractivity contribution >= 4 is 0 Å². The molecule has 0 bridgehead atoms. The van der Waals surface area contributed by atoms with Crippen LogP contribution in [0.5, 0.6) is 23.0 Å². The van der Waals surface area contributed by atoms with Crippen LogP contribution in [-0.2, 0) is 12.8 Å². The third-order valence-corrected chi connectivity index (χ3v) is 4.08. The van der Waals surface area contributed by atoms with Crippen molar-refractivity contribution in [3.63, 3.8) is 0 Å². The lowest BCUT2D eigenvalue weighted by Gasteiger charge is -2.18. The highest BCUT2D eigenvalue weighted by Gasteiger charge is 2.17. The molecule has 1 unspecified atom stereocenters. The Morgan fingerprint density at radius 1 is 1.04 bits per heavy atom. The number of hydrogen-bond donors (Lipinski definition) is 2. The fourth-order valence-corrected chi connectivity index (χ4v) is 2.82. The molecule has 24 heavy (non-hydrogen) atoms. The van der Waals surface area contributed by atoms with Crippen molar-refractivity contribution in [3.05, 3.63) is 59.7 Å². The zero-order valence-corrected chi connectivity index (χ0v) is 14.4. The molecular weight excluding hydrogens is 304 g/mol. The van der Waals surface area contributed by atoms with Crippen LogP contribution in [0.25, 0.3) is 0 Å². The van der Waals surface area contributed by atoms with Crippen LogP contribution in [0, 0.1) is 0 Å². The van der Waals surface area contributed by atoms with Crippen LogP contribution in [0.4, 0.5) is 0 Å². The summed E-state index contributed by atoms with van der Waals surface area (Å²) in [4.78, 5) is 0. The van der Waals surface area contributed by atoms with E-state index in [1.807, 2.05) is 37.3 Å². The van der Waals surface area contributed by atoms with Gasteiger partial charge in [-0.1, -0.05) is 25.1 Å². The molecule has 2 aromatic rings. The van der Waals surface area contributed by atoms with Crippen molar-refractivity contribution in [1.29, 1.82) is 0 Å². The summed E-state index contributed by atoms with van der Waals surface area (Å²) < 4.78 is 10.4. The zero-order chi connectivity index (χ0) is 17.7. The van der Waals surface area contributed by atoms with Crippen molar-refractivity contribution < 1.29 is 19.7 Å². The van der Waals surface area contributed by atoms with E-state index in [-0.39, 0.29) is 17.4 Å². The molecular formula is C20H24O4. The van der Waals surface area contributed by atoms with Gasteiger partial charge in [0.1, 0.15) is 0 Å². The maximum Gasteiger partial charge on any atom is 0.161 e. The molecule has 4 heteroatoms. The van der Waals surface area contributed by atoms with Crippen LogP contribution < -0.4 is 9.47 Å². The first-order valence-corrected chi connectivity index (χ1v) is 7.86. The molecule has 0 spiro atoms. The Bertz CT molecular complexity index is 722. The minimum Gasteiger partial charge on any atom is -0.504 e. The summed E-state index contributed by atoms with van der Waals surface area (Å²) in [6, 6.07) is 9.11. The van der Waals surface area contributed by atoms with Gasteiger partial charge in [0.2, 0.25) is 0 Å². The molecule has 0 aliphatic rings. The second kappa shape index (κ2) is 7.77. The van der Waals surface area contributed by atoms with Crippen molar-refractivity contribution in [2.45, 2.75) is 25.7 Å². The Morgan fingerprint density at radius 2 is 1.71 bits per heavy atom. The van der Waals surface area contributed by atoms with Gasteiger partial charge in [-0.05, 0) is 48.1 Å². The van der Waals surface area contributed by atoms with Crippen molar-refractivity contribution in [2.75, 3.05) is 14.2 Å². The van der Waals surface area contributed by atoms with E-state index in [0.717, 1.165) is 16.7 Å². The molecule has 0 heterocycles. The zero-order valence-electron chi connectivity index (χ0n) is 14.4. The molecule has 4 nitrogen and oxygen atoms in total. The monoisotopic (exact) mass is 328 g/mol. The van der Waals surface area contributed by atoms with E-state index in [2.05, 4.69) is 6.58 Å². The normalized spacial score (nSPS) is 11.8. The van der Waals surface area contributed by atoms with Crippen LogP contribution in [0.3, 0.4) is 0 Å². The molecule has 0 saturated carbocycles. The highest BCUT2D eigenvalue weighted by molar-refractivity contribution is 5.51. The van der Waals surface area contributed by atoms with Gasteiger partial charge in [0.15, 0.2) is 23.0 Å². The lowest BCUT2D eigenvalue weighted by Crippen LogP contribution is -2.02. The molecule has 0 aliphatic carbocycles. The first kappa shape index (κ1) is 17.7. The summed E-state index contributed by atoms with van der Waals surface area (Å²) >= 11 is 0. The Balaban J connectivity index is 2.33. The highest BCUT2D eigenvalue weighted by atomic mass is 16.5. The van der Waals surface area contributed by atoms with E-state index in [9.17, 15) is 10.2 Å². The minimum atomic E-state index is 0.0675. The summed E-state index contributed by atoms with van der Waals surface area (Å²) in [5.41, 5.74) is 2.90. The largest absolute Gasteiger partial charge is 0.504 e. The second-order valence-electron chi connectivity index (χ2n) is 5.84. The maximum absolute atomic E-state index is 10.5. The van der Waals surface area contributed by atoms with Crippen LogP contribution in [0.15, 0.2) is 43.0 Å². The smallest absolute Gasteiger partial charge is 0.161 e. The predicted octanol–water partition coefficient (Wildman–Crippen LogP) is 4.19. The maximum atomic E-state index is 10.5. The Hall–Kier alpha value is -2.62. The fraction of sp³-hybridized carbons (Fsp3) is 0.300. The number of phenols is 2. The number of hydrogen-bond acceptors (Lipinski definition) is 4. The van der Waals surface area contributed by atoms with Gasteiger partial charge in [-0.25, -0.2) is 0 Å². The van der Waals surface area contributed by atoms with Crippen molar-refractivity contribution in [3.8, 4) is 23.0 Å². The second-order valence-corrected chi connectivity index (χ2v) is 5.84. The van der Waals surface area contributed by atoms with Gasteiger partial charge in [-0.15, -0.1) is 6.58 Å². The molecule has 2 N–H and O–H groups in total. The third-order valence-electron chi connectivity index (χ3n) is 4.08. The number of methoxy groups -OCH3 is 2. The average Bonchev–Trinajstić information content (AvgIpc) is 2.58. The topological polar surface area (TPSA) is 58.9 Å². The summed E-state index contributed by atoms with van der Waals surface area (Å²) in [6.07, 6.45) is 3.24. The first-order chi connectivity index (χ1) is 11.5. The summed E-state index contributed by atoms with van der Waals surface area (Å²) in [6.45, 7) is 5.81.